The van der Waals surface area contributed by atoms with Gasteiger partial charge in [0.15, 0.2) is 0 Å². The minimum Gasteiger partial charge on any atom is -0.487 e. The molecule has 0 N–H and O–H groups in total. The second kappa shape index (κ2) is 6.79. The van der Waals surface area contributed by atoms with Gasteiger partial charge in [-0.25, -0.2) is 9.18 Å². The molecule has 0 saturated heterocycles. The molecule has 3 aromatic rings. The smallest absolute Gasteiger partial charge is 0.368 e. The first kappa shape index (κ1) is 16.7. The van der Waals surface area contributed by atoms with Crippen molar-refractivity contribution >= 4 is 11.6 Å². The average Bonchev–Trinajstić information content (AvgIpc) is 2.94. The number of ether oxygens (including phenoxy) is 1. The molecular weight excluding hydrogens is 347 g/mol. The van der Waals surface area contributed by atoms with Gasteiger partial charge in [-0.1, -0.05) is 23.6 Å². The molecule has 3 rings (SSSR count). The summed E-state index contributed by atoms with van der Waals surface area (Å²) in [6.07, 6.45) is 5.54. The van der Waals surface area contributed by atoms with Gasteiger partial charge in [-0.05, 0) is 34.7 Å². The van der Waals surface area contributed by atoms with Crippen LogP contribution in [0.3, 0.4) is 0 Å². The van der Waals surface area contributed by atoms with Crippen LogP contribution in [0.15, 0.2) is 41.2 Å². The second-order valence-electron chi connectivity index (χ2n) is 5.11. The topological polar surface area (TPSA) is 61.9 Å². The third-order valence-electron chi connectivity index (χ3n) is 3.52. The molecule has 0 fully saturated rings. The third kappa shape index (κ3) is 3.25. The molecule has 0 amide bonds. The molecule has 6 nitrogen and oxygen atoms in total. The highest BCUT2D eigenvalue weighted by Gasteiger charge is 2.15. The second-order valence-corrected chi connectivity index (χ2v) is 5.52. The van der Waals surface area contributed by atoms with E-state index in [9.17, 15) is 9.18 Å². The van der Waals surface area contributed by atoms with Crippen molar-refractivity contribution in [2.75, 3.05) is 0 Å². The molecule has 8 heteroatoms. The van der Waals surface area contributed by atoms with Crippen molar-refractivity contribution in [3.63, 3.8) is 0 Å². The number of benzene rings is 2. The molecule has 0 aliphatic rings. The van der Waals surface area contributed by atoms with Gasteiger partial charge in [0.1, 0.15) is 18.2 Å². The van der Waals surface area contributed by atoms with Gasteiger partial charge in [0.25, 0.3) is 0 Å². The Morgan fingerprint density at radius 1 is 1.32 bits per heavy atom. The molecule has 0 aliphatic heterocycles. The van der Waals surface area contributed by atoms with Crippen LogP contribution in [-0.4, -0.2) is 19.8 Å². The highest BCUT2D eigenvalue weighted by atomic mass is 35.5. The standard InChI is InChI=1S/C17H12ClFN4O2/c1-3-11-5-4-6-15(23-17(24)22(2)20-21-23)13(11)10-25-16-9-12(19)7-8-14(16)18/h1,4-9H,10H2,2H3. The fraction of sp³-hybridized carbons (Fsp3) is 0.118. The number of nitrogens with zero attached hydrogens (tertiary/aromatic N) is 4. The largest absolute Gasteiger partial charge is 0.487 e. The predicted octanol–water partition coefficient (Wildman–Crippen LogP) is 2.32. The van der Waals surface area contributed by atoms with E-state index in [2.05, 4.69) is 16.3 Å². The lowest BCUT2D eigenvalue weighted by molar-refractivity contribution is 0.304. The quantitative estimate of drug-likeness (QED) is 0.671. The molecule has 0 saturated carbocycles. The Labute approximate surface area is 147 Å². The van der Waals surface area contributed by atoms with Crippen LogP contribution in [0.2, 0.25) is 5.02 Å². The zero-order valence-electron chi connectivity index (χ0n) is 13.1. The minimum absolute atomic E-state index is 0.0259. The van der Waals surface area contributed by atoms with Crippen molar-refractivity contribution in [3.8, 4) is 23.8 Å². The number of aryl methyl sites for hydroxylation is 1. The van der Waals surface area contributed by atoms with E-state index in [1.165, 1.54) is 25.2 Å². The number of terminal acetylenes is 1. The number of hydrogen-bond acceptors (Lipinski definition) is 4. The van der Waals surface area contributed by atoms with E-state index in [1.807, 2.05) is 0 Å². The van der Waals surface area contributed by atoms with Gasteiger partial charge in [0.2, 0.25) is 0 Å². The first-order chi connectivity index (χ1) is 12.0. The van der Waals surface area contributed by atoms with E-state index in [4.69, 9.17) is 22.8 Å². The van der Waals surface area contributed by atoms with Crippen LogP contribution >= 0.6 is 11.6 Å². The van der Waals surface area contributed by atoms with E-state index >= 15 is 0 Å². The summed E-state index contributed by atoms with van der Waals surface area (Å²) < 4.78 is 21.2. The molecule has 0 atom stereocenters. The molecule has 0 spiro atoms. The van der Waals surface area contributed by atoms with Gasteiger partial charge in [0, 0.05) is 24.2 Å². The Morgan fingerprint density at radius 2 is 2.12 bits per heavy atom. The van der Waals surface area contributed by atoms with E-state index in [0.29, 0.717) is 16.8 Å². The summed E-state index contributed by atoms with van der Waals surface area (Å²) >= 11 is 6.01. The summed E-state index contributed by atoms with van der Waals surface area (Å²) in [4.78, 5) is 12.1. The SMILES string of the molecule is C#Cc1cccc(-n2nnn(C)c2=O)c1COc1cc(F)ccc1Cl. The molecule has 126 valence electrons. The molecule has 2 aromatic carbocycles. The Kier molecular flexibility index (Phi) is 4.55. The first-order valence-electron chi connectivity index (χ1n) is 7.17. The number of halogens is 2. The average molecular weight is 359 g/mol. The lowest BCUT2D eigenvalue weighted by Crippen LogP contribution is -2.23. The number of rotatable bonds is 4. The van der Waals surface area contributed by atoms with Crippen LogP contribution in [0.4, 0.5) is 4.39 Å². The number of tetrazole rings is 1. The highest BCUT2D eigenvalue weighted by Crippen LogP contribution is 2.27. The fourth-order valence-corrected chi connectivity index (χ4v) is 2.43. The summed E-state index contributed by atoms with van der Waals surface area (Å²) in [6.45, 7) is -0.0259. The molecule has 1 heterocycles. The maximum atomic E-state index is 13.4. The highest BCUT2D eigenvalue weighted by molar-refractivity contribution is 6.32. The maximum Gasteiger partial charge on any atom is 0.368 e. The van der Waals surface area contributed by atoms with Crippen LogP contribution < -0.4 is 10.4 Å². The Balaban J connectivity index is 2.03. The number of hydrogen-bond donors (Lipinski definition) is 0. The molecule has 0 bridgehead atoms. The summed E-state index contributed by atoms with van der Waals surface area (Å²) in [5.74, 6) is 2.23. The Bertz CT molecular complexity index is 1040. The van der Waals surface area contributed by atoms with Gasteiger partial charge in [-0.2, -0.15) is 9.36 Å². The Hall–Kier alpha value is -3.11. The first-order valence-corrected chi connectivity index (χ1v) is 7.55. The van der Waals surface area contributed by atoms with Crippen molar-refractivity contribution in [2.24, 2.45) is 7.05 Å². The molecule has 25 heavy (non-hydrogen) atoms. The molecule has 0 radical (unpaired) electrons. The summed E-state index contributed by atoms with van der Waals surface area (Å²) in [7, 11) is 1.49. The van der Waals surface area contributed by atoms with Crippen LogP contribution in [0.5, 0.6) is 5.75 Å². The van der Waals surface area contributed by atoms with E-state index in [1.54, 1.807) is 18.2 Å². The van der Waals surface area contributed by atoms with Crippen molar-refractivity contribution < 1.29 is 9.13 Å². The van der Waals surface area contributed by atoms with Crippen molar-refractivity contribution in [1.29, 1.82) is 0 Å². The van der Waals surface area contributed by atoms with Crippen LogP contribution in [-0.2, 0) is 13.7 Å². The maximum absolute atomic E-state index is 13.4. The normalized spacial score (nSPS) is 10.5. The molecule has 0 unspecified atom stereocenters. The van der Waals surface area contributed by atoms with E-state index < -0.39 is 11.5 Å². The van der Waals surface area contributed by atoms with Crippen molar-refractivity contribution in [3.05, 3.63) is 68.8 Å². The van der Waals surface area contributed by atoms with E-state index in [0.717, 1.165) is 9.36 Å². The minimum atomic E-state index is -0.477. The van der Waals surface area contributed by atoms with Crippen LogP contribution in [0, 0.1) is 18.2 Å². The monoisotopic (exact) mass is 358 g/mol. The van der Waals surface area contributed by atoms with Gasteiger partial charge in [-0.15, -0.1) is 6.42 Å². The lowest BCUT2D eigenvalue weighted by Gasteiger charge is -2.13. The molecule has 0 aliphatic carbocycles. The predicted molar refractivity (Wildman–Crippen MR) is 90.3 cm³/mol. The number of aromatic nitrogens is 4. The summed E-state index contributed by atoms with van der Waals surface area (Å²) in [6, 6.07) is 8.88. The van der Waals surface area contributed by atoms with Crippen LogP contribution in [0.25, 0.3) is 5.69 Å². The van der Waals surface area contributed by atoms with Gasteiger partial charge in [-0.3, -0.25) is 0 Å². The Morgan fingerprint density at radius 3 is 2.80 bits per heavy atom. The van der Waals surface area contributed by atoms with Gasteiger partial charge < -0.3 is 4.74 Å². The summed E-state index contributed by atoms with van der Waals surface area (Å²) in [5.41, 5.74) is 1.05. The van der Waals surface area contributed by atoms with Crippen molar-refractivity contribution in [1.82, 2.24) is 19.8 Å². The zero-order valence-corrected chi connectivity index (χ0v) is 13.9. The zero-order chi connectivity index (χ0) is 18.0. The van der Waals surface area contributed by atoms with E-state index in [-0.39, 0.29) is 17.4 Å². The molecular formula is C17H12ClFN4O2. The van der Waals surface area contributed by atoms with Gasteiger partial charge >= 0.3 is 5.69 Å². The van der Waals surface area contributed by atoms with Crippen molar-refractivity contribution in [2.45, 2.75) is 6.61 Å². The van der Waals surface area contributed by atoms with Gasteiger partial charge in [0.05, 0.1) is 10.7 Å². The molecule has 1 aromatic heterocycles. The third-order valence-corrected chi connectivity index (χ3v) is 3.83. The fourth-order valence-electron chi connectivity index (χ4n) is 2.26. The summed E-state index contributed by atoms with van der Waals surface area (Å²) in [5, 5.41) is 7.76. The lowest BCUT2D eigenvalue weighted by atomic mass is 10.1. The van der Waals surface area contributed by atoms with Crippen LogP contribution in [0.1, 0.15) is 11.1 Å².